The number of carbonyl (C=O) groups is 3. The Bertz CT molecular complexity index is 1580. The van der Waals surface area contributed by atoms with Crippen LogP contribution in [0.25, 0.3) is 11.0 Å². The number of carbonyl (C=O) groups excluding carboxylic acids is 3. The normalized spacial score (nSPS) is 30.9. The van der Waals surface area contributed by atoms with Crippen LogP contribution < -0.4 is 9.47 Å². The molecule has 4 bridgehead atoms. The van der Waals surface area contributed by atoms with Gasteiger partial charge in [0.2, 0.25) is 11.8 Å². The number of esters is 2. The molecule has 50 heavy (non-hydrogen) atoms. The quantitative estimate of drug-likeness (QED) is 0.311. The van der Waals surface area contributed by atoms with E-state index in [1.165, 1.54) is 6.42 Å². The highest BCUT2D eigenvalue weighted by atomic mass is 16.6. The smallest absolute Gasteiger partial charge is 0.329 e. The third kappa shape index (κ3) is 7.59. The summed E-state index contributed by atoms with van der Waals surface area (Å²) in [5.41, 5.74) is 0.866. The molecular formula is C40H57N3O7. The number of hydrogen-bond donors (Lipinski definition) is 0. The minimum Gasteiger partial charge on any atom is -0.497 e. The minimum absolute atomic E-state index is 0.0368. The fraction of sp³-hybridized carbons (Fsp3) is 0.725. The summed E-state index contributed by atoms with van der Waals surface area (Å²) in [6.07, 6.45) is 8.01. The van der Waals surface area contributed by atoms with E-state index in [9.17, 15) is 14.4 Å². The lowest BCUT2D eigenvalue weighted by Crippen LogP contribution is -2.50. The lowest BCUT2D eigenvalue weighted by molar-refractivity contribution is -0.167. The molecule has 2 aromatic rings. The molecule has 1 amide bonds. The van der Waals surface area contributed by atoms with Crippen LogP contribution in [0.5, 0.6) is 11.6 Å². The number of amides is 1. The Morgan fingerprint density at radius 2 is 1.72 bits per heavy atom. The molecule has 1 aromatic carbocycles. The third-order valence-corrected chi connectivity index (χ3v) is 11.6. The summed E-state index contributed by atoms with van der Waals surface area (Å²) >= 11 is 0. The molecule has 1 unspecified atom stereocenters. The summed E-state index contributed by atoms with van der Waals surface area (Å²) in [4.78, 5) is 54.2. The number of rotatable bonds is 3. The first-order chi connectivity index (χ1) is 23.7. The monoisotopic (exact) mass is 691 g/mol. The Hall–Kier alpha value is -3.43. The molecule has 2 saturated carbocycles. The van der Waals surface area contributed by atoms with Gasteiger partial charge in [-0.25, -0.2) is 14.8 Å². The van der Waals surface area contributed by atoms with Crippen LogP contribution in [0.4, 0.5) is 0 Å². The summed E-state index contributed by atoms with van der Waals surface area (Å²) in [5.74, 6) is 0.342. The summed E-state index contributed by atoms with van der Waals surface area (Å²) < 4.78 is 24.6. The molecule has 10 heteroatoms. The van der Waals surface area contributed by atoms with Crippen molar-refractivity contribution in [2.24, 2.45) is 35.0 Å². The van der Waals surface area contributed by atoms with Gasteiger partial charge in [0, 0.05) is 12.0 Å². The number of aromatic nitrogens is 2. The zero-order valence-electron chi connectivity index (χ0n) is 31.3. The molecule has 1 aromatic heterocycles. The summed E-state index contributed by atoms with van der Waals surface area (Å²) in [6, 6.07) is 4.77. The van der Waals surface area contributed by atoms with Gasteiger partial charge in [0.05, 0.1) is 37.0 Å². The van der Waals surface area contributed by atoms with Gasteiger partial charge in [-0.1, -0.05) is 40.5 Å². The molecule has 2 aliphatic heterocycles. The van der Waals surface area contributed by atoms with Crippen LogP contribution in [-0.4, -0.2) is 70.2 Å². The Labute approximate surface area is 297 Å². The molecule has 3 heterocycles. The molecule has 0 radical (unpaired) electrons. The van der Waals surface area contributed by atoms with E-state index in [0.717, 1.165) is 49.7 Å². The maximum atomic E-state index is 14.8. The van der Waals surface area contributed by atoms with E-state index in [1.54, 1.807) is 12.0 Å². The number of methoxy groups -OCH3 is 1. The van der Waals surface area contributed by atoms with Crippen molar-refractivity contribution >= 4 is 28.9 Å². The number of ether oxygens (including phenoxy) is 4. The number of hydrogen-bond acceptors (Lipinski definition) is 9. The van der Waals surface area contributed by atoms with Gasteiger partial charge in [-0.05, 0) is 101 Å². The molecule has 6 rings (SSSR count). The van der Waals surface area contributed by atoms with Gasteiger partial charge >= 0.3 is 11.9 Å². The fourth-order valence-corrected chi connectivity index (χ4v) is 9.08. The Morgan fingerprint density at radius 1 is 0.960 bits per heavy atom. The Morgan fingerprint density at radius 3 is 2.42 bits per heavy atom. The van der Waals surface area contributed by atoms with Gasteiger partial charge in [-0.15, -0.1) is 0 Å². The summed E-state index contributed by atoms with van der Waals surface area (Å²) in [7, 11) is 1.62. The zero-order valence-corrected chi connectivity index (χ0v) is 31.3. The van der Waals surface area contributed by atoms with E-state index in [4.69, 9.17) is 28.9 Å². The highest BCUT2D eigenvalue weighted by molar-refractivity contribution is 5.90. The SMILES string of the molecule is CC[C@@H]1[C@@H]2CN(C(=O)[C@H](C(C)(C)C)CC(=O)OC3[C@H]4CC[C@H](C4)[C@H]3CCCCCc3nc4ccc(OC)cc4nc3O2)[C@@H]1C(=O)OC(C)(C)C. The number of fused-ring (bicyclic) bond motifs is 9. The van der Waals surface area contributed by atoms with Crippen molar-refractivity contribution in [3.8, 4) is 11.6 Å². The summed E-state index contributed by atoms with van der Waals surface area (Å²) in [5, 5.41) is 0. The molecule has 10 nitrogen and oxygen atoms in total. The van der Waals surface area contributed by atoms with E-state index in [2.05, 4.69) is 0 Å². The van der Waals surface area contributed by atoms with Crippen molar-refractivity contribution in [2.75, 3.05) is 13.7 Å². The number of aryl methyl sites for hydroxylation is 1. The average molecular weight is 692 g/mol. The Balaban J connectivity index is 1.41. The van der Waals surface area contributed by atoms with Crippen molar-refractivity contribution in [3.63, 3.8) is 0 Å². The second-order valence-electron chi connectivity index (χ2n) is 17.2. The van der Waals surface area contributed by atoms with E-state index in [1.807, 2.05) is 66.7 Å². The van der Waals surface area contributed by atoms with Gasteiger partial charge in [0.15, 0.2) is 0 Å². The average Bonchev–Trinajstić information content (AvgIpc) is 3.75. The van der Waals surface area contributed by atoms with Gasteiger partial charge in [0.25, 0.3) is 0 Å². The van der Waals surface area contributed by atoms with Crippen molar-refractivity contribution in [1.29, 1.82) is 0 Å². The number of benzene rings is 1. The minimum atomic E-state index is -0.883. The topological polar surface area (TPSA) is 117 Å². The number of nitrogens with zero attached hydrogens (tertiary/aromatic N) is 3. The maximum Gasteiger partial charge on any atom is 0.329 e. The molecular weight excluding hydrogens is 634 g/mol. The molecule has 8 atom stereocenters. The van der Waals surface area contributed by atoms with Gasteiger partial charge in [-0.3, -0.25) is 9.59 Å². The third-order valence-electron chi connectivity index (χ3n) is 11.6. The zero-order chi connectivity index (χ0) is 36.0. The van der Waals surface area contributed by atoms with Gasteiger partial charge in [-0.2, -0.15) is 0 Å². The van der Waals surface area contributed by atoms with Crippen LogP contribution in [0.1, 0.15) is 112 Å². The van der Waals surface area contributed by atoms with E-state index < -0.39 is 35.0 Å². The molecule has 3 fully saturated rings. The van der Waals surface area contributed by atoms with Crippen LogP contribution in [-0.2, 0) is 30.3 Å². The second-order valence-corrected chi connectivity index (χ2v) is 17.2. The first-order valence-electron chi connectivity index (χ1n) is 18.9. The predicted molar refractivity (Wildman–Crippen MR) is 190 cm³/mol. The van der Waals surface area contributed by atoms with E-state index >= 15 is 0 Å². The van der Waals surface area contributed by atoms with Crippen LogP contribution in [0, 0.1) is 35.0 Å². The molecule has 0 spiro atoms. The highest BCUT2D eigenvalue weighted by Gasteiger charge is 2.53. The van der Waals surface area contributed by atoms with Crippen LogP contribution in [0.3, 0.4) is 0 Å². The van der Waals surface area contributed by atoms with Crippen molar-refractivity contribution in [3.05, 3.63) is 23.9 Å². The van der Waals surface area contributed by atoms with Gasteiger partial charge in [0.1, 0.15) is 35.3 Å². The van der Waals surface area contributed by atoms with E-state index in [-0.39, 0.29) is 36.9 Å². The largest absolute Gasteiger partial charge is 0.497 e. The second kappa shape index (κ2) is 14.3. The van der Waals surface area contributed by atoms with Crippen molar-refractivity contribution in [2.45, 2.75) is 137 Å². The van der Waals surface area contributed by atoms with Crippen LogP contribution in [0.15, 0.2) is 18.2 Å². The predicted octanol–water partition coefficient (Wildman–Crippen LogP) is 7.09. The lowest BCUT2D eigenvalue weighted by Gasteiger charge is -2.36. The summed E-state index contributed by atoms with van der Waals surface area (Å²) in [6.45, 7) is 13.6. The van der Waals surface area contributed by atoms with Crippen molar-refractivity contribution in [1.82, 2.24) is 14.9 Å². The first-order valence-corrected chi connectivity index (χ1v) is 18.9. The van der Waals surface area contributed by atoms with Crippen molar-refractivity contribution < 1.29 is 33.3 Å². The fourth-order valence-electron chi connectivity index (χ4n) is 9.08. The molecule has 0 N–H and O–H groups in total. The highest BCUT2D eigenvalue weighted by Crippen LogP contribution is 2.52. The standard InChI is InChI=1S/C40H57N3O7/c1-9-26-32-22-43(34(26)38(46)50-40(5,6)7)37(45)28(39(2,3)4)21-33(44)49-35-24-16-15-23(19-24)27(35)13-11-10-12-14-30-36(48-32)42-31-20-25(47-8)17-18-29(31)41-30/h17-18,20,23-24,26-28,32,34-35H,9-16,19,21-22H2,1-8H3/t23-,24+,26-,27-,28-,32+,34+,35?/m1/s1. The lowest BCUT2D eigenvalue weighted by atomic mass is 9.77. The molecule has 2 aliphatic carbocycles. The van der Waals surface area contributed by atoms with Crippen LogP contribution in [0.2, 0.25) is 0 Å². The van der Waals surface area contributed by atoms with Gasteiger partial charge < -0.3 is 23.8 Å². The maximum absolute atomic E-state index is 14.8. The molecule has 274 valence electrons. The first kappa shape index (κ1) is 36.4. The van der Waals surface area contributed by atoms with Crippen LogP contribution >= 0.6 is 0 Å². The Kier molecular flexibility index (Phi) is 10.4. The van der Waals surface area contributed by atoms with E-state index in [0.29, 0.717) is 47.7 Å². The molecule has 1 saturated heterocycles. The molecule has 4 aliphatic rings.